The molecule has 3 aliphatic rings. The number of nitrogens with two attached hydrogens (primary N) is 1. The number of rotatable bonds is 12. The highest BCUT2D eigenvalue weighted by Gasteiger charge is 2.49. The number of carbonyl (C=O) groups is 4. The lowest BCUT2D eigenvalue weighted by atomic mass is 9.72. The molecule has 0 radical (unpaired) electrons. The molecule has 0 amide bonds. The fourth-order valence-electron chi connectivity index (χ4n) is 7.09. The van der Waals surface area contributed by atoms with E-state index >= 15 is 0 Å². The van der Waals surface area contributed by atoms with E-state index in [1.165, 1.54) is 32.0 Å². The molecular weight excluding hydrogens is 670 g/mol. The van der Waals surface area contributed by atoms with Gasteiger partial charge in [-0.15, -0.1) is 0 Å². The minimum absolute atomic E-state index is 0.00600. The number of phenolic OH excluding ortho intramolecular Hbond substituents is 3. The van der Waals surface area contributed by atoms with Gasteiger partial charge in [-0.3, -0.25) is 19.2 Å². The van der Waals surface area contributed by atoms with Crippen LogP contribution >= 0.6 is 0 Å². The molecule has 8 unspecified atom stereocenters. The lowest BCUT2D eigenvalue weighted by Crippen LogP contribution is -2.55. The molecule has 0 spiro atoms. The summed E-state index contributed by atoms with van der Waals surface area (Å²) in [5, 5.41) is 65.4. The Labute approximate surface area is 293 Å². The smallest absolute Gasteiger partial charge is 0.202 e. The number of ketones is 4. The molecule has 2 aromatic carbocycles. The predicted octanol–water partition coefficient (Wildman–Crippen LogP) is 1.59. The van der Waals surface area contributed by atoms with Crippen molar-refractivity contribution in [3.05, 3.63) is 51.6 Å². The van der Waals surface area contributed by atoms with E-state index in [1.54, 1.807) is 13.8 Å². The zero-order chi connectivity index (χ0) is 37.7. The van der Waals surface area contributed by atoms with Crippen LogP contribution in [0.2, 0.25) is 0 Å². The average Bonchev–Trinajstić information content (AvgIpc) is 3.02. The van der Waals surface area contributed by atoms with Crippen LogP contribution in [-0.4, -0.2) is 109 Å². The van der Waals surface area contributed by atoms with Crippen LogP contribution in [0.5, 0.6) is 17.2 Å². The Morgan fingerprint density at radius 3 is 2.31 bits per heavy atom. The largest absolute Gasteiger partial charge is 0.507 e. The van der Waals surface area contributed by atoms with Crippen molar-refractivity contribution < 1.29 is 68.8 Å². The Balaban J connectivity index is 1.43. The summed E-state index contributed by atoms with van der Waals surface area (Å²) in [6.07, 6.45) is -9.02. The van der Waals surface area contributed by atoms with E-state index in [4.69, 9.17) is 24.7 Å². The van der Waals surface area contributed by atoms with Crippen molar-refractivity contribution in [3.63, 3.8) is 0 Å². The zero-order valence-corrected chi connectivity index (χ0v) is 29.0. The van der Waals surface area contributed by atoms with Crippen LogP contribution in [0, 0.1) is 0 Å². The topological polar surface area (TPSA) is 253 Å². The predicted molar refractivity (Wildman–Crippen MR) is 176 cm³/mol. The van der Waals surface area contributed by atoms with Gasteiger partial charge in [-0.2, -0.15) is 0 Å². The van der Waals surface area contributed by atoms with Gasteiger partial charge < -0.3 is 55.3 Å². The standard InChI is InChI=1S/C36H45NO14/c1-14(38)9-23(42)16(3)48-25(10-15(2)39)51-35-17(4)49-26(11-21(35)37)50-24-13-36(47,18(5)40)12-20-28(24)34(46)30-29(32(20)44)31(43)19-7-6-8-22(41)27(19)33(30)45/h6-8,15-17,21,23-26,35,39,41-42,44,46-47H,9-13,37H2,1-5H3/t15?,16?,17?,21?,23?,24-,25?,26?,35?,36-/m0/s1. The van der Waals surface area contributed by atoms with E-state index in [0.717, 1.165) is 6.92 Å². The van der Waals surface area contributed by atoms with Crippen molar-refractivity contribution in [2.24, 2.45) is 5.73 Å². The maximum atomic E-state index is 13.7. The summed E-state index contributed by atoms with van der Waals surface area (Å²) in [6.45, 7) is 7.22. The van der Waals surface area contributed by atoms with Crippen molar-refractivity contribution in [3.8, 4) is 17.2 Å². The summed E-state index contributed by atoms with van der Waals surface area (Å²) < 4.78 is 24.4. The Bertz CT molecular complexity index is 1710. The van der Waals surface area contributed by atoms with E-state index in [2.05, 4.69) is 0 Å². The van der Waals surface area contributed by atoms with E-state index in [1.807, 2.05) is 0 Å². The molecule has 2 aromatic rings. The molecule has 15 heteroatoms. The lowest BCUT2D eigenvalue weighted by molar-refractivity contribution is -0.287. The highest BCUT2D eigenvalue weighted by Crippen LogP contribution is 2.52. The number of hydrogen-bond acceptors (Lipinski definition) is 15. The molecule has 15 nitrogen and oxygen atoms in total. The van der Waals surface area contributed by atoms with Crippen molar-refractivity contribution in [1.82, 2.24) is 0 Å². The first-order chi connectivity index (χ1) is 23.8. The first-order valence-corrected chi connectivity index (χ1v) is 16.8. The number of phenols is 3. The van der Waals surface area contributed by atoms with Crippen LogP contribution in [0.4, 0.5) is 0 Å². The molecule has 51 heavy (non-hydrogen) atoms. The van der Waals surface area contributed by atoms with Gasteiger partial charge in [0.2, 0.25) is 5.78 Å². The second kappa shape index (κ2) is 14.7. The first-order valence-electron chi connectivity index (χ1n) is 16.8. The second-order valence-electron chi connectivity index (χ2n) is 13.9. The second-order valence-corrected chi connectivity index (χ2v) is 13.9. The summed E-state index contributed by atoms with van der Waals surface area (Å²) in [6, 6.07) is 3.08. The number of benzene rings is 2. The Morgan fingerprint density at radius 2 is 1.71 bits per heavy atom. The van der Waals surface area contributed by atoms with Crippen molar-refractivity contribution in [2.45, 2.75) is 128 Å². The molecule has 2 aliphatic carbocycles. The summed E-state index contributed by atoms with van der Waals surface area (Å²) >= 11 is 0. The number of aliphatic hydroxyl groups excluding tert-OH is 2. The lowest BCUT2D eigenvalue weighted by Gasteiger charge is -2.43. The molecule has 8 N–H and O–H groups in total. The van der Waals surface area contributed by atoms with Crippen LogP contribution in [-0.2, 0) is 35.0 Å². The highest BCUT2D eigenvalue weighted by molar-refractivity contribution is 6.31. The molecule has 5 rings (SSSR count). The molecular formula is C36H45NO14. The van der Waals surface area contributed by atoms with Gasteiger partial charge in [0.05, 0.1) is 47.2 Å². The monoisotopic (exact) mass is 715 g/mol. The summed E-state index contributed by atoms with van der Waals surface area (Å²) in [5.41, 5.74) is 2.52. The highest BCUT2D eigenvalue weighted by atomic mass is 16.7. The minimum Gasteiger partial charge on any atom is -0.507 e. The molecule has 1 saturated heterocycles. The van der Waals surface area contributed by atoms with E-state index in [9.17, 15) is 49.8 Å². The number of aromatic hydroxyl groups is 3. The molecule has 10 atom stereocenters. The fourth-order valence-corrected chi connectivity index (χ4v) is 7.09. The first kappa shape index (κ1) is 38.4. The van der Waals surface area contributed by atoms with Crippen molar-refractivity contribution >= 4 is 23.1 Å². The molecule has 0 saturated carbocycles. The van der Waals surface area contributed by atoms with Gasteiger partial charge in [-0.25, -0.2) is 0 Å². The van der Waals surface area contributed by atoms with Crippen LogP contribution in [0.3, 0.4) is 0 Å². The number of carbonyl (C=O) groups excluding carboxylic acids is 4. The van der Waals surface area contributed by atoms with Gasteiger partial charge in [-0.05, 0) is 40.7 Å². The number of Topliss-reactive ketones (excluding diaryl/α,β-unsaturated/α-hetero) is 2. The Kier molecular flexibility index (Phi) is 11.1. The summed E-state index contributed by atoms with van der Waals surface area (Å²) in [4.78, 5) is 51.4. The summed E-state index contributed by atoms with van der Waals surface area (Å²) in [5.74, 6) is -4.59. The third-order valence-corrected chi connectivity index (χ3v) is 9.81. The zero-order valence-electron chi connectivity index (χ0n) is 29.0. The van der Waals surface area contributed by atoms with Gasteiger partial charge in [0, 0.05) is 54.8 Å². The molecule has 1 aliphatic heterocycles. The minimum atomic E-state index is -2.10. The van der Waals surface area contributed by atoms with Crippen LogP contribution in [0.15, 0.2) is 18.2 Å². The number of ether oxygens (including phenoxy) is 4. The molecule has 1 fully saturated rings. The number of aliphatic hydroxyl groups is 3. The van der Waals surface area contributed by atoms with Crippen LogP contribution in [0.1, 0.15) is 109 Å². The fraction of sp³-hybridized carbons (Fsp3) is 0.556. The SMILES string of the molecule is CC(=O)CC(O)C(C)OC(CC(C)O)OC1C(N)CC(O[C@H]2C[C@](O)(C(C)=O)Cc3c(O)c4c(c(O)c32)C(=O)c2c(O)cccc2C4=O)OC1C. The van der Waals surface area contributed by atoms with Gasteiger partial charge in [0.25, 0.3) is 0 Å². The quantitative estimate of drug-likeness (QED) is 0.104. The van der Waals surface area contributed by atoms with Gasteiger partial charge >= 0.3 is 0 Å². The number of fused-ring (bicyclic) bond motifs is 3. The van der Waals surface area contributed by atoms with Crippen LogP contribution in [0.25, 0.3) is 0 Å². The third-order valence-electron chi connectivity index (χ3n) is 9.81. The van der Waals surface area contributed by atoms with Gasteiger partial charge in [0.1, 0.15) is 34.7 Å². The van der Waals surface area contributed by atoms with E-state index in [0.29, 0.717) is 0 Å². The third kappa shape index (κ3) is 7.43. The van der Waals surface area contributed by atoms with Crippen LogP contribution < -0.4 is 5.73 Å². The van der Waals surface area contributed by atoms with Crippen molar-refractivity contribution in [2.75, 3.05) is 0 Å². The van der Waals surface area contributed by atoms with E-state index in [-0.39, 0.29) is 47.3 Å². The van der Waals surface area contributed by atoms with Gasteiger partial charge in [-0.1, -0.05) is 12.1 Å². The van der Waals surface area contributed by atoms with Crippen molar-refractivity contribution in [1.29, 1.82) is 0 Å². The maximum Gasteiger partial charge on any atom is 0.202 e. The molecule has 1 heterocycles. The number of hydrogen-bond donors (Lipinski definition) is 7. The molecule has 0 aromatic heterocycles. The van der Waals surface area contributed by atoms with Gasteiger partial charge in [0.15, 0.2) is 24.1 Å². The van der Waals surface area contributed by atoms with E-state index < -0.39 is 119 Å². The normalized spacial score (nSPS) is 28.2. The maximum absolute atomic E-state index is 13.7. The molecule has 278 valence electrons. The average molecular weight is 716 g/mol. The Hall–Kier alpha value is -3.80. The molecule has 0 bridgehead atoms. The Morgan fingerprint density at radius 1 is 1.04 bits per heavy atom. The summed E-state index contributed by atoms with van der Waals surface area (Å²) in [7, 11) is 0.